The Morgan fingerprint density at radius 3 is 2.42 bits per heavy atom. The smallest absolute Gasteiger partial charge is 0.270 e. The van der Waals surface area contributed by atoms with Crippen LogP contribution < -0.4 is 0 Å². The number of sulfonamides is 1. The fourth-order valence-electron chi connectivity index (χ4n) is 3.40. The van der Waals surface area contributed by atoms with E-state index in [0.29, 0.717) is 18.8 Å². The van der Waals surface area contributed by atoms with Crippen LogP contribution >= 0.6 is 0 Å². The minimum atomic E-state index is -3.49. The monoisotopic (exact) mass is 353 g/mol. The number of hydrogen-bond acceptors (Lipinski definition) is 3. The molecule has 0 unspecified atom stereocenters. The van der Waals surface area contributed by atoms with Crippen LogP contribution in [0.1, 0.15) is 50.0 Å². The fourth-order valence-corrected chi connectivity index (χ4v) is 4.99. The van der Waals surface area contributed by atoms with Crippen LogP contribution in [-0.4, -0.2) is 54.3 Å². The van der Waals surface area contributed by atoms with Gasteiger partial charge in [0, 0.05) is 39.4 Å². The average Bonchev–Trinajstić information content (AvgIpc) is 2.98. The molecule has 1 aliphatic heterocycles. The Balaban J connectivity index is 1.84. The number of hydrogen-bond donors (Lipinski definition) is 0. The SMILES string of the molecule is C[C@@H](N(C)C(=O)c1cc(S(=O)(=O)N2CCCC2)cn1C)C1(C)CC1. The van der Waals surface area contributed by atoms with Crippen molar-refractivity contribution in [3.05, 3.63) is 18.0 Å². The van der Waals surface area contributed by atoms with Crippen LogP contribution in [0.3, 0.4) is 0 Å². The van der Waals surface area contributed by atoms with Crippen molar-refractivity contribution < 1.29 is 13.2 Å². The number of carbonyl (C=O) groups excluding carboxylic acids is 1. The largest absolute Gasteiger partial charge is 0.345 e. The van der Waals surface area contributed by atoms with Crippen molar-refractivity contribution >= 4 is 15.9 Å². The summed E-state index contributed by atoms with van der Waals surface area (Å²) in [6.45, 7) is 5.39. The normalized spacial score (nSPS) is 21.7. The Morgan fingerprint density at radius 1 is 1.29 bits per heavy atom. The van der Waals surface area contributed by atoms with E-state index in [4.69, 9.17) is 0 Å². The van der Waals surface area contributed by atoms with E-state index < -0.39 is 10.0 Å². The molecule has 1 atom stereocenters. The number of amides is 1. The Labute approximate surface area is 144 Å². The van der Waals surface area contributed by atoms with Crippen LogP contribution in [-0.2, 0) is 17.1 Å². The molecule has 0 bridgehead atoms. The molecule has 2 heterocycles. The molecule has 0 N–H and O–H groups in total. The van der Waals surface area contributed by atoms with Crippen molar-refractivity contribution in [2.24, 2.45) is 12.5 Å². The van der Waals surface area contributed by atoms with Crippen LogP contribution in [0.4, 0.5) is 0 Å². The van der Waals surface area contributed by atoms with Crippen LogP contribution in [0.25, 0.3) is 0 Å². The Bertz CT molecular complexity index is 743. The number of carbonyl (C=O) groups is 1. The van der Waals surface area contributed by atoms with Gasteiger partial charge in [0.25, 0.3) is 5.91 Å². The highest BCUT2D eigenvalue weighted by Crippen LogP contribution is 2.49. The van der Waals surface area contributed by atoms with Crippen LogP contribution in [0.5, 0.6) is 0 Å². The van der Waals surface area contributed by atoms with Gasteiger partial charge in [-0.2, -0.15) is 4.31 Å². The second-order valence-electron chi connectivity index (χ2n) is 7.53. The standard InChI is InChI=1S/C17H27N3O3S/c1-13(17(2)7-8-17)19(4)16(21)15-11-14(12-18(15)3)24(22,23)20-9-5-6-10-20/h11-13H,5-10H2,1-4H3/t13-/m1/s1. The first kappa shape index (κ1) is 17.5. The van der Waals surface area contributed by atoms with E-state index in [2.05, 4.69) is 13.8 Å². The summed E-state index contributed by atoms with van der Waals surface area (Å²) in [5.74, 6) is -0.124. The maximum absolute atomic E-state index is 12.8. The summed E-state index contributed by atoms with van der Waals surface area (Å²) >= 11 is 0. The van der Waals surface area contributed by atoms with Gasteiger partial charge in [0.1, 0.15) is 10.6 Å². The van der Waals surface area contributed by atoms with Crippen molar-refractivity contribution in [2.45, 2.75) is 50.5 Å². The molecule has 7 heteroatoms. The first-order valence-corrected chi connectivity index (χ1v) is 10.0. The molecular weight excluding hydrogens is 326 g/mol. The third kappa shape index (κ3) is 2.88. The van der Waals surface area contributed by atoms with Crippen molar-refractivity contribution in [3.63, 3.8) is 0 Å². The fraction of sp³-hybridized carbons (Fsp3) is 0.706. The Kier molecular flexibility index (Phi) is 4.28. The predicted octanol–water partition coefficient (Wildman–Crippen LogP) is 2.07. The van der Waals surface area contributed by atoms with Gasteiger partial charge in [-0.05, 0) is 44.1 Å². The van der Waals surface area contributed by atoms with Crippen LogP contribution in [0.15, 0.2) is 17.2 Å². The lowest BCUT2D eigenvalue weighted by Crippen LogP contribution is -2.40. The molecule has 0 radical (unpaired) electrons. The molecule has 3 rings (SSSR count). The number of rotatable bonds is 5. The van der Waals surface area contributed by atoms with E-state index in [-0.39, 0.29) is 22.3 Å². The van der Waals surface area contributed by atoms with E-state index in [1.165, 1.54) is 10.4 Å². The third-order valence-electron chi connectivity index (χ3n) is 5.85. The topological polar surface area (TPSA) is 62.6 Å². The van der Waals surface area contributed by atoms with Gasteiger partial charge < -0.3 is 9.47 Å². The molecule has 1 aliphatic carbocycles. The molecule has 0 spiro atoms. The van der Waals surface area contributed by atoms with Gasteiger partial charge in [0.05, 0.1) is 0 Å². The zero-order chi connectivity index (χ0) is 17.7. The summed E-state index contributed by atoms with van der Waals surface area (Å²) in [6, 6.07) is 1.66. The first-order valence-electron chi connectivity index (χ1n) is 8.60. The van der Waals surface area contributed by atoms with Gasteiger partial charge >= 0.3 is 0 Å². The van der Waals surface area contributed by atoms with Crippen LogP contribution in [0.2, 0.25) is 0 Å². The zero-order valence-electron chi connectivity index (χ0n) is 14.9. The van der Waals surface area contributed by atoms with E-state index in [1.54, 1.807) is 29.8 Å². The quantitative estimate of drug-likeness (QED) is 0.814. The Morgan fingerprint density at radius 2 is 1.88 bits per heavy atom. The maximum Gasteiger partial charge on any atom is 0.270 e. The summed E-state index contributed by atoms with van der Waals surface area (Å²) in [5, 5.41) is 0. The Hall–Kier alpha value is -1.34. The lowest BCUT2D eigenvalue weighted by molar-refractivity contribution is 0.0675. The van der Waals surface area contributed by atoms with Crippen molar-refractivity contribution in [1.29, 1.82) is 0 Å². The van der Waals surface area contributed by atoms with Gasteiger partial charge in [-0.25, -0.2) is 8.42 Å². The highest BCUT2D eigenvalue weighted by molar-refractivity contribution is 7.89. The van der Waals surface area contributed by atoms with E-state index in [9.17, 15) is 13.2 Å². The van der Waals surface area contributed by atoms with Gasteiger partial charge in [0.2, 0.25) is 10.0 Å². The molecule has 2 fully saturated rings. The average molecular weight is 353 g/mol. The van der Waals surface area contributed by atoms with E-state index in [0.717, 1.165) is 25.7 Å². The minimum absolute atomic E-state index is 0.124. The predicted molar refractivity (Wildman–Crippen MR) is 92.3 cm³/mol. The van der Waals surface area contributed by atoms with E-state index >= 15 is 0 Å². The highest BCUT2D eigenvalue weighted by Gasteiger charge is 2.45. The summed E-state index contributed by atoms with van der Waals surface area (Å²) < 4.78 is 28.5. The van der Waals surface area contributed by atoms with Gasteiger partial charge in [-0.1, -0.05) is 6.92 Å². The van der Waals surface area contributed by atoms with Gasteiger partial charge in [-0.15, -0.1) is 0 Å². The second-order valence-corrected chi connectivity index (χ2v) is 9.47. The van der Waals surface area contributed by atoms with Crippen LogP contribution in [0, 0.1) is 5.41 Å². The molecule has 1 saturated carbocycles. The number of aryl methyl sites for hydroxylation is 1. The van der Waals surface area contributed by atoms with Gasteiger partial charge in [0.15, 0.2) is 0 Å². The highest BCUT2D eigenvalue weighted by atomic mass is 32.2. The molecule has 0 aromatic carbocycles. The van der Waals surface area contributed by atoms with Crippen molar-refractivity contribution in [1.82, 2.24) is 13.8 Å². The molecule has 2 aliphatic rings. The molecule has 6 nitrogen and oxygen atoms in total. The lowest BCUT2D eigenvalue weighted by Gasteiger charge is -2.30. The summed E-state index contributed by atoms with van der Waals surface area (Å²) in [7, 11) is 0.0394. The minimum Gasteiger partial charge on any atom is -0.345 e. The van der Waals surface area contributed by atoms with Gasteiger partial charge in [-0.3, -0.25) is 4.79 Å². The first-order chi connectivity index (χ1) is 11.2. The molecule has 1 saturated heterocycles. The molecule has 1 aromatic rings. The molecule has 1 amide bonds. The molecule has 24 heavy (non-hydrogen) atoms. The number of aromatic nitrogens is 1. The summed E-state index contributed by atoms with van der Waals surface area (Å²) in [6.07, 6.45) is 5.62. The maximum atomic E-state index is 12.8. The summed E-state index contributed by atoms with van der Waals surface area (Å²) in [5.41, 5.74) is 0.617. The second kappa shape index (κ2) is 5.88. The van der Waals surface area contributed by atoms with Crippen molar-refractivity contribution in [2.75, 3.05) is 20.1 Å². The lowest BCUT2D eigenvalue weighted by atomic mass is 9.99. The van der Waals surface area contributed by atoms with E-state index in [1.807, 2.05) is 0 Å². The molecule has 1 aromatic heterocycles. The molecule has 134 valence electrons. The number of nitrogens with zero attached hydrogens (tertiary/aromatic N) is 3. The third-order valence-corrected chi connectivity index (χ3v) is 7.71. The zero-order valence-corrected chi connectivity index (χ0v) is 15.8. The molecular formula is C17H27N3O3S. The van der Waals surface area contributed by atoms with Crippen molar-refractivity contribution in [3.8, 4) is 0 Å². The summed E-state index contributed by atoms with van der Waals surface area (Å²) in [4.78, 5) is 14.8.